The summed E-state index contributed by atoms with van der Waals surface area (Å²) in [6.45, 7) is 5.48. The number of ether oxygens (including phenoxy) is 2. The molecule has 0 spiro atoms. The van der Waals surface area contributed by atoms with E-state index in [1.807, 2.05) is 13.8 Å². The van der Waals surface area contributed by atoms with Crippen molar-refractivity contribution in [2.24, 2.45) is 0 Å². The lowest BCUT2D eigenvalue weighted by molar-refractivity contribution is -0.127. The molecule has 80 valence electrons. The number of hydrogen-bond donors (Lipinski definition) is 0. The van der Waals surface area contributed by atoms with Gasteiger partial charge in [0.05, 0.1) is 0 Å². The summed E-state index contributed by atoms with van der Waals surface area (Å²) in [7, 11) is 0. The predicted molar refractivity (Wildman–Crippen MR) is 59.3 cm³/mol. The number of rotatable bonds is 9. The molecule has 0 saturated carbocycles. The molecule has 1 unspecified atom stereocenters. The Labute approximate surface area is 90.1 Å². The van der Waals surface area contributed by atoms with E-state index < -0.39 is 0 Å². The summed E-state index contributed by atoms with van der Waals surface area (Å²) >= 11 is 3.41. The van der Waals surface area contributed by atoms with Crippen LogP contribution in [-0.2, 0) is 9.47 Å². The largest absolute Gasteiger partial charge is 0.353 e. The van der Waals surface area contributed by atoms with Crippen molar-refractivity contribution < 1.29 is 9.47 Å². The van der Waals surface area contributed by atoms with Gasteiger partial charge in [0.15, 0.2) is 6.29 Å². The van der Waals surface area contributed by atoms with E-state index in [0.717, 1.165) is 25.0 Å². The van der Waals surface area contributed by atoms with Gasteiger partial charge in [0.25, 0.3) is 0 Å². The topological polar surface area (TPSA) is 18.5 Å². The Morgan fingerprint density at radius 3 is 2.38 bits per heavy atom. The lowest BCUT2D eigenvalue weighted by atomic mass is 10.2. The first kappa shape index (κ1) is 13.4. The molecule has 0 aromatic carbocycles. The van der Waals surface area contributed by atoms with Gasteiger partial charge in [-0.15, -0.1) is 0 Å². The molecular formula is C10H21BrO2. The first-order valence-electron chi connectivity index (χ1n) is 5.10. The van der Waals surface area contributed by atoms with Crippen LogP contribution in [-0.4, -0.2) is 24.8 Å². The molecule has 1 atom stereocenters. The van der Waals surface area contributed by atoms with Crippen LogP contribution in [0.1, 0.15) is 39.5 Å². The quantitative estimate of drug-likeness (QED) is 0.356. The van der Waals surface area contributed by atoms with Crippen molar-refractivity contribution >= 4 is 15.9 Å². The lowest BCUT2D eigenvalue weighted by Gasteiger charge is -2.12. The van der Waals surface area contributed by atoms with Gasteiger partial charge in [-0.3, -0.25) is 0 Å². The van der Waals surface area contributed by atoms with Crippen molar-refractivity contribution in [2.75, 3.05) is 18.5 Å². The van der Waals surface area contributed by atoms with Gasteiger partial charge in [0, 0.05) is 18.5 Å². The molecule has 0 N–H and O–H groups in total. The molecule has 13 heavy (non-hydrogen) atoms. The Hall–Kier alpha value is 0.400. The molecule has 0 aliphatic heterocycles. The van der Waals surface area contributed by atoms with Gasteiger partial charge in [0.1, 0.15) is 0 Å². The molecule has 3 heteroatoms. The van der Waals surface area contributed by atoms with Crippen LogP contribution in [0.25, 0.3) is 0 Å². The third-order valence-electron chi connectivity index (χ3n) is 1.78. The molecule has 0 heterocycles. The Morgan fingerprint density at radius 1 is 1.08 bits per heavy atom. The fraction of sp³-hybridized carbons (Fsp3) is 1.00. The average molecular weight is 253 g/mol. The van der Waals surface area contributed by atoms with Crippen LogP contribution in [0.5, 0.6) is 0 Å². The summed E-state index contributed by atoms with van der Waals surface area (Å²) in [5.41, 5.74) is 0. The van der Waals surface area contributed by atoms with Gasteiger partial charge >= 0.3 is 0 Å². The average Bonchev–Trinajstić information content (AvgIpc) is 2.11. The van der Waals surface area contributed by atoms with Crippen molar-refractivity contribution in [1.82, 2.24) is 0 Å². The van der Waals surface area contributed by atoms with Crippen molar-refractivity contribution in [3.63, 3.8) is 0 Å². The molecule has 0 saturated heterocycles. The standard InChI is InChI=1S/C10H21BrO2/c1-3-12-10(2)13-9-7-5-4-6-8-11/h10H,3-9H2,1-2H3. The summed E-state index contributed by atoms with van der Waals surface area (Å²) < 4.78 is 10.7. The van der Waals surface area contributed by atoms with Crippen molar-refractivity contribution in [2.45, 2.75) is 45.8 Å². The Bertz CT molecular complexity index is 98.9. The number of hydrogen-bond acceptors (Lipinski definition) is 2. The maximum atomic E-state index is 5.43. The van der Waals surface area contributed by atoms with Crippen molar-refractivity contribution in [3.8, 4) is 0 Å². The summed E-state index contributed by atoms with van der Waals surface area (Å²) in [6, 6.07) is 0. The van der Waals surface area contributed by atoms with Crippen LogP contribution >= 0.6 is 15.9 Å². The minimum absolute atomic E-state index is 0.0406. The van der Waals surface area contributed by atoms with Gasteiger partial charge < -0.3 is 9.47 Å². The van der Waals surface area contributed by atoms with Crippen LogP contribution in [0.3, 0.4) is 0 Å². The molecular weight excluding hydrogens is 232 g/mol. The smallest absolute Gasteiger partial charge is 0.154 e. The summed E-state index contributed by atoms with van der Waals surface area (Å²) in [4.78, 5) is 0. The molecule has 0 amide bonds. The van der Waals surface area contributed by atoms with E-state index in [4.69, 9.17) is 9.47 Å². The summed E-state index contributed by atoms with van der Waals surface area (Å²) in [5.74, 6) is 0. The summed E-state index contributed by atoms with van der Waals surface area (Å²) in [5, 5.41) is 1.11. The highest BCUT2D eigenvalue weighted by Crippen LogP contribution is 2.03. The van der Waals surface area contributed by atoms with E-state index in [1.54, 1.807) is 0 Å². The second-order valence-corrected chi connectivity index (χ2v) is 3.79. The number of alkyl halides is 1. The minimum atomic E-state index is -0.0406. The van der Waals surface area contributed by atoms with E-state index >= 15 is 0 Å². The van der Waals surface area contributed by atoms with Crippen LogP contribution in [0.4, 0.5) is 0 Å². The Kier molecular flexibility index (Phi) is 10.8. The summed E-state index contributed by atoms with van der Waals surface area (Å²) in [6.07, 6.45) is 4.91. The van der Waals surface area contributed by atoms with E-state index in [0.29, 0.717) is 0 Å². The van der Waals surface area contributed by atoms with E-state index in [-0.39, 0.29) is 6.29 Å². The maximum Gasteiger partial charge on any atom is 0.154 e. The van der Waals surface area contributed by atoms with Gasteiger partial charge in [-0.25, -0.2) is 0 Å². The van der Waals surface area contributed by atoms with Crippen LogP contribution in [0, 0.1) is 0 Å². The van der Waals surface area contributed by atoms with Crippen LogP contribution in [0.2, 0.25) is 0 Å². The highest BCUT2D eigenvalue weighted by molar-refractivity contribution is 9.09. The highest BCUT2D eigenvalue weighted by Gasteiger charge is 1.98. The molecule has 0 aromatic heterocycles. The second kappa shape index (κ2) is 10.5. The molecule has 0 rings (SSSR count). The van der Waals surface area contributed by atoms with Crippen molar-refractivity contribution in [1.29, 1.82) is 0 Å². The first-order valence-corrected chi connectivity index (χ1v) is 6.22. The first-order chi connectivity index (χ1) is 6.31. The van der Waals surface area contributed by atoms with Crippen molar-refractivity contribution in [3.05, 3.63) is 0 Å². The molecule has 0 radical (unpaired) electrons. The zero-order chi connectivity index (χ0) is 9.94. The van der Waals surface area contributed by atoms with Gasteiger partial charge in [0.2, 0.25) is 0 Å². The third-order valence-corrected chi connectivity index (χ3v) is 2.34. The fourth-order valence-corrected chi connectivity index (χ4v) is 1.48. The predicted octanol–water partition coefficient (Wildman–Crippen LogP) is 3.34. The maximum absolute atomic E-state index is 5.43. The van der Waals surface area contributed by atoms with E-state index in [9.17, 15) is 0 Å². The molecule has 0 fully saturated rings. The lowest BCUT2D eigenvalue weighted by Crippen LogP contribution is -2.13. The molecule has 0 aliphatic rings. The molecule has 0 aliphatic carbocycles. The highest BCUT2D eigenvalue weighted by atomic mass is 79.9. The zero-order valence-corrected chi connectivity index (χ0v) is 10.3. The zero-order valence-electron chi connectivity index (χ0n) is 8.72. The number of unbranched alkanes of at least 4 members (excludes halogenated alkanes) is 3. The molecule has 0 bridgehead atoms. The van der Waals surface area contributed by atoms with E-state index in [2.05, 4.69) is 15.9 Å². The number of halogens is 1. The normalized spacial score (nSPS) is 13.2. The fourth-order valence-electron chi connectivity index (χ4n) is 1.08. The second-order valence-electron chi connectivity index (χ2n) is 3.00. The third kappa shape index (κ3) is 10.3. The van der Waals surface area contributed by atoms with E-state index in [1.165, 1.54) is 19.3 Å². The Morgan fingerprint density at radius 2 is 1.77 bits per heavy atom. The van der Waals surface area contributed by atoms with Gasteiger partial charge in [-0.2, -0.15) is 0 Å². The molecule has 2 nitrogen and oxygen atoms in total. The van der Waals surface area contributed by atoms with Crippen LogP contribution in [0.15, 0.2) is 0 Å². The van der Waals surface area contributed by atoms with Gasteiger partial charge in [-0.05, 0) is 26.7 Å². The molecule has 0 aromatic rings. The van der Waals surface area contributed by atoms with Gasteiger partial charge in [-0.1, -0.05) is 28.8 Å². The minimum Gasteiger partial charge on any atom is -0.353 e. The van der Waals surface area contributed by atoms with Crippen LogP contribution < -0.4 is 0 Å². The Balaban J connectivity index is 2.97. The SMILES string of the molecule is CCOC(C)OCCCCCCBr. The monoisotopic (exact) mass is 252 g/mol.